The summed E-state index contributed by atoms with van der Waals surface area (Å²) in [5.41, 5.74) is 0.867. The predicted octanol–water partition coefficient (Wildman–Crippen LogP) is 1.67. The molecule has 1 aromatic heterocycles. The molecule has 1 fully saturated rings. The van der Waals surface area contributed by atoms with Crippen molar-refractivity contribution in [3.8, 4) is 0 Å². The number of nitrogens with zero attached hydrogens (tertiary/aromatic N) is 1. The van der Waals surface area contributed by atoms with Crippen LogP contribution in [-0.4, -0.2) is 27.7 Å². The molecule has 1 saturated heterocycles. The SMILES string of the molecule is O=C(O)CCc1cnc(C2CCCCO2)[nH]1. The minimum atomic E-state index is -0.787. The summed E-state index contributed by atoms with van der Waals surface area (Å²) in [6, 6.07) is 0. The number of rotatable bonds is 4. The Hall–Kier alpha value is -1.36. The molecule has 0 spiro atoms. The van der Waals surface area contributed by atoms with E-state index in [1.54, 1.807) is 6.20 Å². The number of aliphatic carboxylic acids is 1. The van der Waals surface area contributed by atoms with E-state index < -0.39 is 5.97 Å². The molecule has 0 bridgehead atoms. The second kappa shape index (κ2) is 5.12. The molecule has 88 valence electrons. The number of carboxylic acid groups (broad SMARTS) is 1. The van der Waals surface area contributed by atoms with Crippen LogP contribution in [-0.2, 0) is 16.0 Å². The van der Waals surface area contributed by atoms with Gasteiger partial charge in [0, 0.05) is 18.5 Å². The molecule has 16 heavy (non-hydrogen) atoms. The number of hydrogen-bond donors (Lipinski definition) is 2. The van der Waals surface area contributed by atoms with Crippen LogP contribution in [0.15, 0.2) is 6.20 Å². The quantitative estimate of drug-likeness (QED) is 0.815. The van der Waals surface area contributed by atoms with Crippen molar-refractivity contribution in [2.75, 3.05) is 6.61 Å². The van der Waals surface area contributed by atoms with E-state index >= 15 is 0 Å². The van der Waals surface area contributed by atoms with Crippen molar-refractivity contribution in [2.24, 2.45) is 0 Å². The van der Waals surface area contributed by atoms with Gasteiger partial charge in [0.1, 0.15) is 11.9 Å². The molecular formula is C11H16N2O3. The smallest absolute Gasteiger partial charge is 0.303 e. The second-order valence-electron chi connectivity index (χ2n) is 4.04. The van der Waals surface area contributed by atoms with Gasteiger partial charge in [-0.1, -0.05) is 0 Å². The Morgan fingerprint density at radius 1 is 1.62 bits per heavy atom. The van der Waals surface area contributed by atoms with Crippen LogP contribution in [0, 0.1) is 0 Å². The topological polar surface area (TPSA) is 75.2 Å². The summed E-state index contributed by atoms with van der Waals surface area (Å²) >= 11 is 0. The molecule has 0 radical (unpaired) electrons. The fraction of sp³-hybridized carbons (Fsp3) is 0.636. The summed E-state index contributed by atoms with van der Waals surface area (Å²) in [4.78, 5) is 17.8. The van der Waals surface area contributed by atoms with Gasteiger partial charge in [0.15, 0.2) is 0 Å². The lowest BCUT2D eigenvalue weighted by Crippen LogP contribution is -2.12. The highest BCUT2D eigenvalue weighted by molar-refractivity contribution is 5.66. The van der Waals surface area contributed by atoms with E-state index in [-0.39, 0.29) is 12.5 Å². The molecule has 0 aromatic carbocycles. The summed E-state index contributed by atoms with van der Waals surface area (Å²) < 4.78 is 5.59. The number of aromatic nitrogens is 2. The zero-order valence-electron chi connectivity index (χ0n) is 9.11. The van der Waals surface area contributed by atoms with Crippen molar-refractivity contribution in [2.45, 2.75) is 38.2 Å². The number of H-pyrrole nitrogens is 1. The molecule has 1 atom stereocenters. The largest absolute Gasteiger partial charge is 0.481 e. The van der Waals surface area contributed by atoms with Crippen LogP contribution in [0.2, 0.25) is 0 Å². The monoisotopic (exact) mass is 224 g/mol. The first-order chi connectivity index (χ1) is 7.75. The lowest BCUT2D eigenvalue weighted by molar-refractivity contribution is -0.136. The molecule has 2 heterocycles. The predicted molar refractivity (Wildman–Crippen MR) is 57.1 cm³/mol. The Labute approximate surface area is 93.8 Å². The maximum Gasteiger partial charge on any atom is 0.303 e. The first-order valence-corrected chi connectivity index (χ1v) is 5.63. The average Bonchev–Trinajstić information content (AvgIpc) is 2.76. The first-order valence-electron chi connectivity index (χ1n) is 5.63. The molecule has 0 aliphatic carbocycles. The number of aromatic amines is 1. The molecule has 0 amide bonds. The molecule has 1 aliphatic heterocycles. The summed E-state index contributed by atoms with van der Waals surface area (Å²) in [7, 11) is 0. The van der Waals surface area contributed by atoms with Crippen molar-refractivity contribution < 1.29 is 14.6 Å². The van der Waals surface area contributed by atoms with Crippen molar-refractivity contribution >= 4 is 5.97 Å². The zero-order chi connectivity index (χ0) is 11.4. The van der Waals surface area contributed by atoms with E-state index in [0.717, 1.165) is 37.4 Å². The molecule has 2 N–H and O–H groups in total. The van der Waals surface area contributed by atoms with Gasteiger partial charge in [-0.15, -0.1) is 0 Å². The van der Waals surface area contributed by atoms with Crippen LogP contribution in [0.4, 0.5) is 0 Å². The Morgan fingerprint density at radius 3 is 3.19 bits per heavy atom. The molecule has 0 saturated carbocycles. The van der Waals surface area contributed by atoms with Crippen molar-refractivity contribution in [3.63, 3.8) is 0 Å². The number of ether oxygens (including phenoxy) is 1. The minimum absolute atomic E-state index is 0.0623. The van der Waals surface area contributed by atoms with Crippen LogP contribution in [0.5, 0.6) is 0 Å². The van der Waals surface area contributed by atoms with Gasteiger partial charge in [0.2, 0.25) is 0 Å². The molecule has 2 rings (SSSR count). The third kappa shape index (κ3) is 2.82. The first kappa shape index (κ1) is 11.1. The van der Waals surface area contributed by atoms with Gasteiger partial charge in [-0.25, -0.2) is 4.98 Å². The molecule has 5 nitrogen and oxygen atoms in total. The molecule has 5 heteroatoms. The number of carboxylic acids is 1. The van der Waals surface area contributed by atoms with Crippen LogP contribution in [0.1, 0.15) is 43.3 Å². The molecule has 1 unspecified atom stereocenters. The Balaban J connectivity index is 1.93. The second-order valence-corrected chi connectivity index (χ2v) is 4.04. The van der Waals surface area contributed by atoms with Gasteiger partial charge in [-0.05, 0) is 25.7 Å². The summed E-state index contributed by atoms with van der Waals surface area (Å²) in [6.07, 6.45) is 5.66. The van der Waals surface area contributed by atoms with E-state index in [1.165, 1.54) is 0 Å². The highest BCUT2D eigenvalue weighted by Crippen LogP contribution is 2.25. The van der Waals surface area contributed by atoms with E-state index in [4.69, 9.17) is 9.84 Å². The summed E-state index contributed by atoms with van der Waals surface area (Å²) in [6.45, 7) is 0.788. The third-order valence-electron chi connectivity index (χ3n) is 2.74. The van der Waals surface area contributed by atoms with E-state index in [1.807, 2.05) is 0 Å². The highest BCUT2D eigenvalue weighted by Gasteiger charge is 2.18. The van der Waals surface area contributed by atoms with Crippen LogP contribution in [0.25, 0.3) is 0 Å². The standard InChI is InChI=1S/C11H16N2O3/c14-10(15)5-4-8-7-12-11(13-8)9-3-1-2-6-16-9/h7,9H,1-6H2,(H,12,13)(H,14,15). The Morgan fingerprint density at radius 2 is 2.50 bits per heavy atom. The molecule has 1 aromatic rings. The number of nitrogens with one attached hydrogen (secondary N) is 1. The summed E-state index contributed by atoms with van der Waals surface area (Å²) in [5.74, 6) is 0.0464. The van der Waals surface area contributed by atoms with Crippen LogP contribution < -0.4 is 0 Å². The fourth-order valence-electron chi connectivity index (χ4n) is 1.87. The summed E-state index contributed by atoms with van der Waals surface area (Å²) in [5, 5.41) is 8.57. The molecular weight excluding hydrogens is 208 g/mol. The van der Waals surface area contributed by atoms with Gasteiger partial charge in [-0.3, -0.25) is 4.79 Å². The van der Waals surface area contributed by atoms with Gasteiger partial charge in [0.25, 0.3) is 0 Å². The Kier molecular flexibility index (Phi) is 3.56. The van der Waals surface area contributed by atoms with Crippen molar-refractivity contribution in [1.82, 2.24) is 9.97 Å². The maximum absolute atomic E-state index is 10.4. The van der Waals surface area contributed by atoms with E-state index in [0.29, 0.717) is 6.42 Å². The highest BCUT2D eigenvalue weighted by atomic mass is 16.5. The number of carbonyl (C=O) groups is 1. The van der Waals surface area contributed by atoms with E-state index in [2.05, 4.69) is 9.97 Å². The van der Waals surface area contributed by atoms with Crippen LogP contribution in [0.3, 0.4) is 0 Å². The van der Waals surface area contributed by atoms with Crippen molar-refractivity contribution in [3.05, 3.63) is 17.7 Å². The van der Waals surface area contributed by atoms with Gasteiger partial charge in [0.05, 0.1) is 6.42 Å². The van der Waals surface area contributed by atoms with Gasteiger partial charge in [-0.2, -0.15) is 0 Å². The third-order valence-corrected chi connectivity index (χ3v) is 2.74. The zero-order valence-corrected chi connectivity index (χ0v) is 9.11. The van der Waals surface area contributed by atoms with Crippen LogP contribution >= 0.6 is 0 Å². The lowest BCUT2D eigenvalue weighted by atomic mass is 10.1. The van der Waals surface area contributed by atoms with Gasteiger partial charge >= 0.3 is 5.97 Å². The number of aryl methyl sites for hydroxylation is 1. The average molecular weight is 224 g/mol. The normalized spacial score (nSPS) is 20.9. The fourth-order valence-corrected chi connectivity index (χ4v) is 1.87. The maximum atomic E-state index is 10.4. The minimum Gasteiger partial charge on any atom is -0.481 e. The molecule has 1 aliphatic rings. The Bertz CT molecular complexity index is 356. The van der Waals surface area contributed by atoms with Gasteiger partial charge < -0.3 is 14.8 Å². The lowest BCUT2D eigenvalue weighted by Gasteiger charge is -2.20. The van der Waals surface area contributed by atoms with Crippen molar-refractivity contribution in [1.29, 1.82) is 0 Å². The number of imidazole rings is 1. The van der Waals surface area contributed by atoms with E-state index in [9.17, 15) is 4.79 Å². The number of hydrogen-bond acceptors (Lipinski definition) is 3.